The van der Waals surface area contributed by atoms with Crippen LogP contribution in [-0.4, -0.2) is 87.6 Å². The Hall–Kier alpha value is -1.85. The summed E-state index contributed by atoms with van der Waals surface area (Å²) in [6.07, 6.45) is 2.68. The second-order valence-electron chi connectivity index (χ2n) is 8.01. The first-order valence-electron chi connectivity index (χ1n) is 10.6. The second kappa shape index (κ2) is 12.9. The molecule has 0 aromatic rings. The van der Waals surface area contributed by atoms with Crippen molar-refractivity contribution in [3.05, 3.63) is 0 Å². The minimum absolute atomic E-state index is 0.246. The van der Waals surface area contributed by atoms with Gasteiger partial charge in [0.2, 0.25) is 17.7 Å². The van der Waals surface area contributed by atoms with Gasteiger partial charge in [0.25, 0.3) is 0 Å². The van der Waals surface area contributed by atoms with Crippen LogP contribution in [0.1, 0.15) is 46.5 Å². The number of nitrogens with zero attached hydrogens (tertiary/aromatic N) is 1. The van der Waals surface area contributed by atoms with Crippen molar-refractivity contribution < 1.29 is 29.4 Å². The third-order valence-electron chi connectivity index (χ3n) is 5.66. The lowest BCUT2D eigenvalue weighted by atomic mass is 9.97. The van der Waals surface area contributed by atoms with E-state index in [9.17, 15) is 29.4 Å². The number of nitrogens with two attached hydrogens (primary N) is 1. The molecule has 0 spiro atoms. The molecule has 1 aliphatic rings. The van der Waals surface area contributed by atoms with Gasteiger partial charge in [-0.25, -0.2) is 4.79 Å². The Labute approximate surface area is 187 Å². The molecule has 0 bridgehead atoms. The van der Waals surface area contributed by atoms with E-state index < -0.39 is 54.0 Å². The lowest BCUT2D eigenvalue weighted by molar-refractivity contribution is -0.144. The number of thioether (sulfide) groups is 1. The number of aliphatic carboxylic acids is 1. The van der Waals surface area contributed by atoms with Crippen molar-refractivity contribution in [3.8, 4) is 0 Å². The van der Waals surface area contributed by atoms with Gasteiger partial charge >= 0.3 is 5.97 Å². The molecule has 3 amide bonds. The third kappa shape index (κ3) is 7.65. The van der Waals surface area contributed by atoms with Crippen molar-refractivity contribution in [1.82, 2.24) is 15.5 Å². The molecule has 6 N–H and O–H groups in total. The van der Waals surface area contributed by atoms with Crippen molar-refractivity contribution in [2.75, 3.05) is 18.6 Å². The van der Waals surface area contributed by atoms with Crippen molar-refractivity contribution in [1.29, 1.82) is 0 Å². The normalized spacial score (nSPS) is 21.0. The first-order chi connectivity index (χ1) is 14.5. The maximum absolute atomic E-state index is 13.0. The Balaban J connectivity index is 2.93. The number of rotatable bonds is 12. The van der Waals surface area contributed by atoms with Crippen LogP contribution in [0.2, 0.25) is 0 Å². The molecule has 10 nitrogen and oxygen atoms in total. The minimum atomic E-state index is -1.13. The predicted molar refractivity (Wildman–Crippen MR) is 118 cm³/mol. The molecule has 1 rings (SSSR count). The van der Waals surface area contributed by atoms with Gasteiger partial charge in [-0.05, 0) is 44.1 Å². The van der Waals surface area contributed by atoms with E-state index in [1.54, 1.807) is 6.92 Å². The highest BCUT2D eigenvalue weighted by Gasteiger charge is 2.39. The van der Waals surface area contributed by atoms with Crippen LogP contribution in [0.25, 0.3) is 0 Å². The zero-order valence-corrected chi connectivity index (χ0v) is 19.5. The van der Waals surface area contributed by atoms with Crippen LogP contribution in [0.4, 0.5) is 0 Å². The summed E-state index contributed by atoms with van der Waals surface area (Å²) in [6.45, 7) is 5.41. The second-order valence-corrected chi connectivity index (χ2v) is 8.99. The lowest BCUT2D eigenvalue weighted by Crippen LogP contribution is -2.59. The van der Waals surface area contributed by atoms with Crippen molar-refractivity contribution in [2.45, 2.75) is 76.7 Å². The smallest absolute Gasteiger partial charge is 0.326 e. The van der Waals surface area contributed by atoms with Crippen LogP contribution in [0.5, 0.6) is 0 Å². The number of carboxylic acids is 1. The van der Waals surface area contributed by atoms with Gasteiger partial charge < -0.3 is 31.5 Å². The molecule has 6 unspecified atom stereocenters. The standard InChI is InChI=1S/C20H36N4O6S/c1-5-11(2)16(18(27)22-13(20(29)30)8-10-31-4)23-17(26)14-7-6-9-24(14)19(28)15(21)12(3)25/h11-16,25H,5-10,21H2,1-4H3,(H,22,27)(H,23,26)(H,29,30). The molecule has 0 radical (unpaired) electrons. The zero-order valence-electron chi connectivity index (χ0n) is 18.7. The lowest BCUT2D eigenvalue weighted by Gasteiger charge is -2.30. The van der Waals surface area contributed by atoms with Crippen LogP contribution < -0.4 is 16.4 Å². The quantitative estimate of drug-likeness (QED) is 0.261. The number of carboxylic acid groups (broad SMARTS) is 1. The topological polar surface area (TPSA) is 162 Å². The monoisotopic (exact) mass is 460 g/mol. The number of hydrogen-bond acceptors (Lipinski definition) is 7. The van der Waals surface area contributed by atoms with Gasteiger partial charge in [-0.3, -0.25) is 14.4 Å². The Bertz CT molecular complexity index is 647. The number of hydrogen-bond donors (Lipinski definition) is 5. The van der Waals surface area contributed by atoms with Gasteiger partial charge in [0.15, 0.2) is 0 Å². The van der Waals surface area contributed by atoms with E-state index in [0.717, 1.165) is 0 Å². The van der Waals surface area contributed by atoms with Crippen LogP contribution in [0.15, 0.2) is 0 Å². The highest BCUT2D eigenvalue weighted by Crippen LogP contribution is 2.20. The molecule has 0 aromatic carbocycles. The highest BCUT2D eigenvalue weighted by atomic mass is 32.2. The molecule has 178 valence electrons. The maximum Gasteiger partial charge on any atom is 0.326 e. The number of nitrogens with one attached hydrogen (secondary N) is 2. The summed E-state index contributed by atoms with van der Waals surface area (Å²) in [7, 11) is 0. The maximum atomic E-state index is 13.0. The highest BCUT2D eigenvalue weighted by molar-refractivity contribution is 7.98. The van der Waals surface area contributed by atoms with E-state index in [2.05, 4.69) is 10.6 Å². The van der Waals surface area contributed by atoms with Gasteiger partial charge in [0, 0.05) is 6.54 Å². The van der Waals surface area contributed by atoms with Crippen LogP contribution in [0, 0.1) is 5.92 Å². The van der Waals surface area contributed by atoms with E-state index in [1.165, 1.54) is 23.6 Å². The summed E-state index contributed by atoms with van der Waals surface area (Å²) in [5.41, 5.74) is 5.75. The summed E-state index contributed by atoms with van der Waals surface area (Å²) in [6, 6.07) is -3.90. The van der Waals surface area contributed by atoms with E-state index >= 15 is 0 Å². The van der Waals surface area contributed by atoms with E-state index in [0.29, 0.717) is 31.6 Å². The molecule has 11 heteroatoms. The number of carbonyl (C=O) groups excluding carboxylic acids is 3. The van der Waals surface area contributed by atoms with Gasteiger partial charge in [0.05, 0.1) is 6.10 Å². The first kappa shape index (κ1) is 27.2. The Morgan fingerprint density at radius 1 is 1.23 bits per heavy atom. The van der Waals surface area contributed by atoms with Crippen molar-refractivity contribution in [2.24, 2.45) is 11.7 Å². The van der Waals surface area contributed by atoms with Crippen LogP contribution in [0.3, 0.4) is 0 Å². The molecular formula is C20H36N4O6S. The fourth-order valence-electron chi connectivity index (χ4n) is 3.41. The number of aliphatic hydroxyl groups excluding tert-OH is 1. The molecule has 6 atom stereocenters. The SMILES string of the molecule is CCC(C)C(NC(=O)C1CCCN1C(=O)C(N)C(C)O)C(=O)NC(CCSC)C(=O)O. The number of carbonyl (C=O) groups is 4. The minimum Gasteiger partial charge on any atom is -0.480 e. The van der Waals surface area contributed by atoms with Crippen molar-refractivity contribution in [3.63, 3.8) is 0 Å². The average Bonchev–Trinajstić information content (AvgIpc) is 3.22. The van der Waals surface area contributed by atoms with E-state index in [-0.39, 0.29) is 12.3 Å². The van der Waals surface area contributed by atoms with E-state index in [1.807, 2.05) is 13.2 Å². The molecular weight excluding hydrogens is 424 g/mol. The predicted octanol–water partition coefficient (Wildman–Crippen LogP) is -0.461. The largest absolute Gasteiger partial charge is 0.480 e. The summed E-state index contributed by atoms with van der Waals surface area (Å²) in [4.78, 5) is 51.2. The Morgan fingerprint density at radius 2 is 1.87 bits per heavy atom. The van der Waals surface area contributed by atoms with E-state index in [4.69, 9.17) is 5.73 Å². The fourth-order valence-corrected chi connectivity index (χ4v) is 3.88. The van der Waals surface area contributed by atoms with Gasteiger partial charge in [-0.2, -0.15) is 11.8 Å². The molecule has 0 saturated carbocycles. The average molecular weight is 461 g/mol. The fraction of sp³-hybridized carbons (Fsp3) is 0.800. The molecule has 1 saturated heterocycles. The van der Waals surface area contributed by atoms with Gasteiger partial charge in [-0.1, -0.05) is 20.3 Å². The van der Waals surface area contributed by atoms with Crippen LogP contribution in [-0.2, 0) is 19.2 Å². The molecule has 0 aliphatic carbocycles. The molecule has 1 fully saturated rings. The number of amides is 3. The summed E-state index contributed by atoms with van der Waals surface area (Å²) < 4.78 is 0. The summed E-state index contributed by atoms with van der Waals surface area (Å²) >= 11 is 1.48. The molecule has 0 aromatic heterocycles. The number of aliphatic hydroxyl groups is 1. The van der Waals surface area contributed by atoms with Gasteiger partial charge in [0.1, 0.15) is 24.2 Å². The Kier molecular flexibility index (Phi) is 11.3. The zero-order chi connectivity index (χ0) is 23.7. The molecule has 1 aliphatic heterocycles. The molecule has 1 heterocycles. The number of likely N-dealkylation sites (tertiary alicyclic amines) is 1. The van der Waals surface area contributed by atoms with Crippen molar-refractivity contribution >= 4 is 35.5 Å². The molecule has 31 heavy (non-hydrogen) atoms. The van der Waals surface area contributed by atoms with Gasteiger partial charge in [-0.15, -0.1) is 0 Å². The summed E-state index contributed by atoms with van der Waals surface area (Å²) in [5.74, 6) is -2.37. The first-order valence-corrected chi connectivity index (χ1v) is 12.0. The Morgan fingerprint density at radius 3 is 2.39 bits per heavy atom. The third-order valence-corrected chi connectivity index (χ3v) is 6.31. The summed E-state index contributed by atoms with van der Waals surface area (Å²) in [5, 5.41) is 24.2. The van der Waals surface area contributed by atoms with Crippen LogP contribution >= 0.6 is 11.8 Å².